The van der Waals surface area contributed by atoms with E-state index in [1.165, 1.54) is 0 Å². The van der Waals surface area contributed by atoms with E-state index in [1.807, 2.05) is 6.07 Å². The Morgan fingerprint density at radius 3 is 2.71 bits per heavy atom. The van der Waals surface area contributed by atoms with Gasteiger partial charge < -0.3 is 26.1 Å². The fourth-order valence-electron chi connectivity index (χ4n) is 2.06. The number of aliphatic hydroxyl groups is 1. The summed E-state index contributed by atoms with van der Waals surface area (Å²) in [5, 5.41) is 24.1. The van der Waals surface area contributed by atoms with Crippen LogP contribution in [0.5, 0.6) is 5.75 Å². The molecule has 0 saturated carbocycles. The van der Waals surface area contributed by atoms with Crippen molar-refractivity contribution in [3.63, 3.8) is 0 Å². The third-order valence-electron chi connectivity index (χ3n) is 3.39. The molecule has 0 aliphatic carbocycles. The summed E-state index contributed by atoms with van der Waals surface area (Å²) in [4.78, 5) is 0. The van der Waals surface area contributed by atoms with Gasteiger partial charge in [-0.15, -0.1) is 0 Å². The van der Waals surface area contributed by atoms with Crippen molar-refractivity contribution in [3.8, 4) is 5.75 Å². The van der Waals surface area contributed by atoms with Gasteiger partial charge in [0, 0.05) is 30.8 Å². The third-order valence-corrected chi connectivity index (χ3v) is 3.39. The minimum atomic E-state index is 0.0190. The summed E-state index contributed by atoms with van der Waals surface area (Å²) in [5.74, 6) is 0.816. The first-order valence-corrected chi connectivity index (χ1v) is 6.90. The van der Waals surface area contributed by atoms with Gasteiger partial charge in [-0.2, -0.15) is 0 Å². The molecule has 0 saturated heterocycles. The molecule has 0 unspecified atom stereocenters. The minimum Gasteiger partial charge on any atom is -0.496 e. The molecular weight excluding hydrogens is 270 g/mol. The molecular formula is C15H25N3O3. The zero-order chi connectivity index (χ0) is 15.9. The number of nitrogens with zero attached hydrogens (tertiary/aromatic N) is 1. The van der Waals surface area contributed by atoms with Crippen molar-refractivity contribution in [2.24, 2.45) is 16.3 Å². The molecule has 0 aliphatic heterocycles. The van der Waals surface area contributed by atoms with Gasteiger partial charge in [-0.25, -0.2) is 0 Å². The van der Waals surface area contributed by atoms with E-state index in [9.17, 15) is 0 Å². The van der Waals surface area contributed by atoms with Crippen LogP contribution in [0.15, 0.2) is 23.4 Å². The molecule has 0 bridgehead atoms. The van der Waals surface area contributed by atoms with Gasteiger partial charge >= 0.3 is 0 Å². The van der Waals surface area contributed by atoms with Gasteiger partial charge in [0.05, 0.1) is 7.11 Å². The smallest absolute Gasteiger partial charge is 0.170 e. The molecule has 1 aromatic carbocycles. The summed E-state index contributed by atoms with van der Waals surface area (Å²) >= 11 is 0. The van der Waals surface area contributed by atoms with Gasteiger partial charge in [-0.05, 0) is 30.0 Å². The largest absolute Gasteiger partial charge is 0.496 e. The van der Waals surface area contributed by atoms with Gasteiger partial charge in [0.1, 0.15) is 5.75 Å². The Kier molecular flexibility index (Phi) is 6.45. The van der Waals surface area contributed by atoms with E-state index >= 15 is 0 Å². The first-order valence-electron chi connectivity index (χ1n) is 6.90. The number of nitrogens with two attached hydrogens (primary N) is 1. The van der Waals surface area contributed by atoms with E-state index in [0.29, 0.717) is 12.1 Å². The van der Waals surface area contributed by atoms with Crippen molar-refractivity contribution in [3.05, 3.63) is 29.3 Å². The number of hydrogen-bond donors (Lipinski definition) is 4. The predicted molar refractivity (Wildman–Crippen MR) is 82.7 cm³/mol. The molecule has 0 radical (unpaired) electrons. The number of hydrogen-bond acceptors (Lipinski definition) is 5. The Hall–Kier alpha value is -1.79. The Labute approximate surface area is 125 Å². The van der Waals surface area contributed by atoms with Gasteiger partial charge in [-0.3, -0.25) is 0 Å². The predicted octanol–water partition coefficient (Wildman–Crippen LogP) is 1.29. The Morgan fingerprint density at radius 1 is 1.43 bits per heavy atom. The van der Waals surface area contributed by atoms with Crippen molar-refractivity contribution in [2.75, 3.05) is 20.3 Å². The van der Waals surface area contributed by atoms with E-state index in [2.05, 4.69) is 24.3 Å². The highest BCUT2D eigenvalue weighted by Gasteiger charge is 2.17. The highest BCUT2D eigenvalue weighted by atomic mass is 16.5. The lowest BCUT2D eigenvalue weighted by atomic mass is 9.89. The van der Waals surface area contributed by atoms with E-state index in [1.54, 1.807) is 19.2 Å². The second-order valence-electron chi connectivity index (χ2n) is 5.75. The summed E-state index contributed by atoms with van der Waals surface area (Å²) in [7, 11) is 1.61. The fraction of sp³-hybridized carbons (Fsp3) is 0.533. The number of nitrogens with one attached hydrogen (secondary N) is 1. The quantitative estimate of drug-likeness (QED) is 0.251. The molecule has 118 valence electrons. The third kappa shape index (κ3) is 5.24. The first-order chi connectivity index (χ1) is 9.93. The van der Waals surface area contributed by atoms with Crippen LogP contribution >= 0.6 is 0 Å². The molecule has 21 heavy (non-hydrogen) atoms. The first kappa shape index (κ1) is 17.3. The normalized spacial score (nSPS) is 12.5. The maximum Gasteiger partial charge on any atom is 0.170 e. The van der Waals surface area contributed by atoms with Crippen LogP contribution in [0, 0.1) is 5.41 Å². The van der Waals surface area contributed by atoms with Crippen LogP contribution in [0.3, 0.4) is 0 Å². The second kappa shape index (κ2) is 7.85. The maximum absolute atomic E-state index is 9.03. The number of oxime groups is 1. The van der Waals surface area contributed by atoms with Crippen molar-refractivity contribution >= 4 is 5.84 Å². The summed E-state index contributed by atoms with van der Waals surface area (Å²) in [6.07, 6.45) is 0.737. The van der Waals surface area contributed by atoms with Crippen LogP contribution in [0.25, 0.3) is 0 Å². The summed E-state index contributed by atoms with van der Waals surface area (Å²) in [6, 6.07) is 5.37. The molecule has 1 rings (SSSR count). The number of benzene rings is 1. The minimum absolute atomic E-state index is 0.0190. The summed E-state index contributed by atoms with van der Waals surface area (Å²) < 4.78 is 5.32. The monoisotopic (exact) mass is 295 g/mol. The lowest BCUT2D eigenvalue weighted by Crippen LogP contribution is -2.30. The Balaban J connectivity index is 2.77. The van der Waals surface area contributed by atoms with E-state index in [0.717, 1.165) is 24.3 Å². The van der Waals surface area contributed by atoms with Crippen LogP contribution in [0.2, 0.25) is 0 Å². The van der Waals surface area contributed by atoms with E-state index in [-0.39, 0.29) is 17.9 Å². The van der Waals surface area contributed by atoms with E-state index < -0.39 is 0 Å². The molecule has 0 atom stereocenters. The molecule has 0 aliphatic rings. The average Bonchev–Trinajstić information content (AvgIpc) is 2.46. The molecule has 0 amide bonds. The second-order valence-corrected chi connectivity index (χ2v) is 5.75. The van der Waals surface area contributed by atoms with Gasteiger partial charge in [-0.1, -0.05) is 19.0 Å². The number of rotatable bonds is 8. The topological polar surface area (TPSA) is 100 Å². The number of amidine groups is 1. The Morgan fingerprint density at radius 2 is 2.14 bits per heavy atom. The van der Waals surface area contributed by atoms with Crippen LogP contribution in [-0.4, -0.2) is 36.4 Å². The molecule has 6 nitrogen and oxygen atoms in total. The van der Waals surface area contributed by atoms with Crippen LogP contribution in [0.1, 0.15) is 31.4 Å². The Bertz CT molecular complexity index is 487. The SMILES string of the molecule is COc1ccc(/C(N)=N/O)cc1CNCC(C)(C)CCO. The zero-order valence-electron chi connectivity index (χ0n) is 12.9. The van der Waals surface area contributed by atoms with Crippen molar-refractivity contribution in [2.45, 2.75) is 26.8 Å². The summed E-state index contributed by atoms with van der Waals surface area (Å²) in [5.41, 5.74) is 7.20. The number of aliphatic hydroxyl groups excluding tert-OH is 1. The lowest BCUT2D eigenvalue weighted by molar-refractivity contribution is 0.207. The van der Waals surface area contributed by atoms with Crippen molar-refractivity contribution in [1.29, 1.82) is 0 Å². The van der Waals surface area contributed by atoms with Crippen LogP contribution in [-0.2, 0) is 6.54 Å². The fourth-order valence-corrected chi connectivity index (χ4v) is 2.06. The maximum atomic E-state index is 9.03. The average molecular weight is 295 g/mol. The molecule has 5 N–H and O–H groups in total. The van der Waals surface area contributed by atoms with E-state index in [4.69, 9.17) is 20.8 Å². The molecule has 0 spiro atoms. The lowest BCUT2D eigenvalue weighted by Gasteiger charge is -2.24. The molecule has 0 aromatic heterocycles. The van der Waals surface area contributed by atoms with Gasteiger partial charge in [0.2, 0.25) is 0 Å². The summed E-state index contributed by atoms with van der Waals surface area (Å²) in [6.45, 7) is 5.74. The van der Waals surface area contributed by atoms with Crippen LogP contribution in [0.4, 0.5) is 0 Å². The molecule has 6 heteroatoms. The van der Waals surface area contributed by atoms with Gasteiger partial charge in [0.25, 0.3) is 0 Å². The highest BCUT2D eigenvalue weighted by molar-refractivity contribution is 5.97. The number of ether oxygens (including phenoxy) is 1. The number of methoxy groups -OCH3 is 1. The molecule has 0 heterocycles. The standard InChI is InChI=1S/C15H25N3O3/c1-15(2,6-7-19)10-17-9-12-8-11(14(16)18-20)4-5-13(12)21-3/h4-5,8,17,19-20H,6-7,9-10H2,1-3H3,(H2,16,18). The molecule has 1 aromatic rings. The van der Waals surface area contributed by atoms with Gasteiger partial charge in [0.15, 0.2) is 5.84 Å². The molecule has 0 fully saturated rings. The van der Waals surface area contributed by atoms with Crippen molar-refractivity contribution < 1.29 is 15.1 Å². The van der Waals surface area contributed by atoms with Crippen molar-refractivity contribution in [1.82, 2.24) is 5.32 Å². The zero-order valence-corrected chi connectivity index (χ0v) is 12.9. The highest BCUT2D eigenvalue weighted by Crippen LogP contribution is 2.21. The van der Waals surface area contributed by atoms with Crippen LogP contribution < -0.4 is 15.8 Å².